The maximum Gasteiger partial charge on any atom is 0.257 e. The molecule has 11 heteroatoms. The lowest BCUT2D eigenvalue weighted by atomic mass is 9.89. The Hall–Kier alpha value is -3.38. The molecule has 5 rings (SSSR count). The minimum absolute atomic E-state index is 0.0366. The third-order valence-corrected chi connectivity index (χ3v) is 8.15. The van der Waals surface area contributed by atoms with Crippen LogP contribution in [0.3, 0.4) is 0 Å². The van der Waals surface area contributed by atoms with Gasteiger partial charge in [-0.2, -0.15) is 0 Å². The number of carbonyl (C=O) groups excluding carboxylic acids is 1. The van der Waals surface area contributed by atoms with Gasteiger partial charge in [0.05, 0.1) is 18.8 Å². The molecule has 3 aromatic rings. The number of hydrogen-bond acceptors (Lipinski definition) is 5. The first kappa shape index (κ1) is 31.1. The average molecular weight is 605 g/mol. The lowest BCUT2D eigenvalue weighted by molar-refractivity contribution is -0.276. The van der Waals surface area contributed by atoms with Gasteiger partial charge in [0.15, 0.2) is 29.6 Å². The highest BCUT2D eigenvalue weighted by Crippen LogP contribution is 2.42. The van der Waals surface area contributed by atoms with Crippen LogP contribution in [0.4, 0.5) is 22.0 Å². The quantitative estimate of drug-likeness (QED) is 0.185. The second-order valence-electron chi connectivity index (χ2n) is 11.1. The Morgan fingerprint density at radius 2 is 1.37 bits per heavy atom. The van der Waals surface area contributed by atoms with Crippen LogP contribution in [0.5, 0.6) is 0 Å². The smallest absolute Gasteiger partial charge is 0.257 e. The number of carbonyl (C=O) groups is 1. The molecule has 1 amide bonds. The summed E-state index contributed by atoms with van der Waals surface area (Å²) in [7, 11) is 0. The molecule has 2 aliphatic heterocycles. The minimum atomic E-state index is -2.33. The first-order valence-electron chi connectivity index (χ1n) is 14.3. The van der Waals surface area contributed by atoms with Gasteiger partial charge in [-0.15, -0.1) is 0 Å². The standard InChI is InChI=1S/C32H33F5N2O4/c1-18-23(16-39-13-3-2-4-14-39)42-32(43-30(18)21-9-7-20(17-40)8-10-21)22-11-5-19(6-12-22)15-38-31(41)24-25(33)27(35)29(37)28(36)26(24)34/h5-12,18,23,30,32,40H,2-4,13-17H2,1H3,(H,38,41)/t18-,23+,30+,32+/m0/s1. The number of benzene rings is 3. The molecule has 230 valence electrons. The molecule has 2 fully saturated rings. The maximum absolute atomic E-state index is 14.0. The Balaban J connectivity index is 1.31. The molecule has 2 heterocycles. The van der Waals surface area contributed by atoms with Crippen molar-refractivity contribution < 1.29 is 41.3 Å². The van der Waals surface area contributed by atoms with Crippen LogP contribution in [0.2, 0.25) is 0 Å². The SMILES string of the molecule is C[C@H]1[C@@H](CN2CCCCC2)O[C@@H](c2ccc(CNC(=O)c3c(F)c(F)c(F)c(F)c3F)cc2)O[C@H]1c1ccc(CO)cc1. The summed E-state index contributed by atoms with van der Waals surface area (Å²) in [4.78, 5) is 14.7. The summed E-state index contributed by atoms with van der Waals surface area (Å²) in [6.07, 6.45) is 2.41. The number of aliphatic hydroxyl groups excluding tert-OH is 1. The average Bonchev–Trinajstić information content (AvgIpc) is 3.03. The van der Waals surface area contributed by atoms with Crippen LogP contribution in [0.25, 0.3) is 0 Å². The van der Waals surface area contributed by atoms with Gasteiger partial charge >= 0.3 is 0 Å². The predicted molar refractivity (Wildman–Crippen MR) is 147 cm³/mol. The summed E-state index contributed by atoms with van der Waals surface area (Å²) in [5.74, 6) is -12.5. The fraction of sp³-hybridized carbons (Fsp3) is 0.406. The van der Waals surface area contributed by atoms with Gasteiger partial charge in [-0.1, -0.05) is 61.9 Å². The van der Waals surface area contributed by atoms with Crippen molar-refractivity contribution in [1.29, 1.82) is 0 Å². The summed E-state index contributed by atoms with van der Waals surface area (Å²) in [5, 5.41) is 11.7. The van der Waals surface area contributed by atoms with Crippen molar-refractivity contribution in [2.24, 2.45) is 5.92 Å². The van der Waals surface area contributed by atoms with E-state index in [2.05, 4.69) is 17.1 Å². The number of halogens is 5. The van der Waals surface area contributed by atoms with Gasteiger partial charge in [0.25, 0.3) is 5.91 Å². The first-order valence-corrected chi connectivity index (χ1v) is 14.3. The van der Waals surface area contributed by atoms with Crippen LogP contribution >= 0.6 is 0 Å². The molecule has 0 saturated carbocycles. The Morgan fingerprint density at radius 3 is 1.98 bits per heavy atom. The summed E-state index contributed by atoms with van der Waals surface area (Å²) in [6.45, 7) is 4.61. The highest BCUT2D eigenvalue weighted by atomic mass is 19.2. The van der Waals surface area contributed by atoms with Gasteiger partial charge in [0.2, 0.25) is 5.82 Å². The van der Waals surface area contributed by atoms with E-state index in [1.54, 1.807) is 24.3 Å². The first-order chi connectivity index (χ1) is 20.7. The molecule has 2 saturated heterocycles. The number of amides is 1. The van der Waals surface area contributed by atoms with E-state index in [-0.39, 0.29) is 31.3 Å². The predicted octanol–water partition coefficient (Wildman–Crippen LogP) is 6.08. The number of likely N-dealkylation sites (tertiary alicyclic amines) is 1. The fourth-order valence-corrected chi connectivity index (χ4v) is 5.59. The number of rotatable bonds is 8. The van der Waals surface area contributed by atoms with E-state index in [9.17, 15) is 31.9 Å². The molecule has 0 bridgehead atoms. The fourth-order valence-electron chi connectivity index (χ4n) is 5.59. The molecule has 0 unspecified atom stereocenters. The molecule has 4 atom stereocenters. The van der Waals surface area contributed by atoms with Crippen LogP contribution < -0.4 is 5.32 Å². The number of piperidine rings is 1. The van der Waals surface area contributed by atoms with Gasteiger partial charge in [-0.05, 0) is 42.6 Å². The van der Waals surface area contributed by atoms with Crippen molar-refractivity contribution in [1.82, 2.24) is 10.2 Å². The Morgan fingerprint density at radius 1 is 0.814 bits per heavy atom. The van der Waals surface area contributed by atoms with Crippen LogP contribution in [-0.2, 0) is 22.6 Å². The van der Waals surface area contributed by atoms with Gasteiger partial charge in [-0.3, -0.25) is 4.79 Å². The highest BCUT2D eigenvalue weighted by molar-refractivity contribution is 5.94. The van der Waals surface area contributed by atoms with Crippen molar-refractivity contribution in [2.75, 3.05) is 19.6 Å². The summed E-state index contributed by atoms with van der Waals surface area (Å²) >= 11 is 0. The molecule has 0 spiro atoms. The number of aliphatic hydroxyl groups is 1. The van der Waals surface area contributed by atoms with Crippen LogP contribution in [0.15, 0.2) is 48.5 Å². The molecule has 2 N–H and O–H groups in total. The van der Waals surface area contributed by atoms with E-state index in [1.165, 1.54) is 6.42 Å². The third kappa shape index (κ3) is 6.75. The second kappa shape index (κ2) is 13.5. The van der Waals surface area contributed by atoms with Crippen molar-refractivity contribution in [3.05, 3.63) is 105 Å². The lowest BCUT2D eigenvalue weighted by Crippen LogP contribution is -2.45. The van der Waals surface area contributed by atoms with Crippen LogP contribution in [-0.4, -0.2) is 41.7 Å². The third-order valence-electron chi connectivity index (χ3n) is 8.15. The van der Waals surface area contributed by atoms with Crippen molar-refractivity contribution in [3.8, 4) is 0 Å². The van der Waals surface area contributed by atoms with Gasteiger partial charge in [0.1, 0.15) is 5.56 Å². The number of hydrogen-bond donors (Lipinski definition) is 2. The zero-order valence-corrected chi connectivity index (χ0v) is 23.6. The van der Waals surface area contributed by atoms with Crippen molar-refractivity contribution >= 4 is 5.91 Å². The maximum atomic E-state index is 14.0. The molecular formula is C32H33F5N2O4. The van der Waals surface area contributed by atoms with E-state index in [0.29, 0.717) is 11.1 Å². The van der Waals surface area contributed by atoms with Crippen molar-refractivity contribution in [3.63, 3.8) is 0 Å². The van der Waals surface area contributed by atoms with E-state index in [0.717, 1.165) is 43.6 Å². The molecule has 0 radical (unpaired) electrons. The van der Waals surface area contributed by atoms with Gasteiger partial charge in [-0.25, -0.2) is 22.0 Å². The Kier molecular flexibility index (Phi) is 9.75. The Labute approximate surface area is 246 Å². The van der Waals surface area contributed by atoms with E-state index < -0.39 is 46.8 Å². The van der Waals surface area contributed by atoms with Gasteiger partial charge < -0.3 is 24.8 Å². The number of nitrogens with one attached hydrogen (secondary N) is 1. The molecule has 6 nitrogen and oxygen atoms in total. The Bertz CT molecular complexity index is 1400. The molecule has 43 heavy (non-hydrogen) atoms. The number of nitrogens with zero attached hydrogens (tertiary/aromatic N) is 1. The van der Waals surface area contributed by atoms with Crippen molar-refractivity contribution in [2.45, 2.75) is 57.8 Å². The molecule has 0 aliphatic carbocycles. The minimum Gasteiger partial charge on any atom is -0.392 e. The molecular weight excluding hydrogens is 571 g/mol. The van der Waals surface area contributed by atoms with Gasteiger partial charge in [0, 0.05) is 24.6 Å². The summed E-state index contributed by atoms with van der Waals surface area (Å²) < 4.78 is 81.3. The summed E-state index contributed by atoms with van der Waals surface area (Å²) in [6, 6.07) is 14.4. The monoisotopic (exact) mass is 604 g/mol. The van der Waals surface area contributed by atoms with E-state index in [1.807, 2.05) is 24.3 Å². The number of ether oxygens (including phenoxy) is 2. The molecule has 0 aromatic heterocycles. The molecule has 2 aliphatic rings. The van der Waals surface area contributed by atoms with Crippen LogP contribution in [0, 0.1) is 35.0 Å². The van der Waals surface area contributed by atoms with E-state index in [4.69, 9.17) is 9.47 Å². The zero-order chi connectivity index (χ0) is 30.7. The topological polar surface area (TPSA) is 71.0 Å². The summed E-state index contributed by atoms with van der Waals surface area (Å²) in [5.41, 5.74) is 1.46. The van der Waals surface area contributed by atoms with E-state index >= 15 is 0 Å². The highest BCUT2D eigenvalue weighted by Gasteiger charge is 2.39. The zero-order valence-electron chi connectivity index (χ0n) is 23.6. The largest absolute Gasteiger partial charge is 0.392 e. The lowest BCUT2D eigenvalue weighted by Gasteiger charge is -2.43. The normalized spacial score (nSPS) is 22.9. The molecule has 3 aromatic carbocycles. The second-order valence-corrected chi connectivity index (χ2v) is 11.1. The van der Waals surface area contributed by atoms with Crippen LogP contribution in [0.1, 0.15) is 71.2 Å².